The Kier molecular flexibility index (Phi) is 7.23. The summed E-state index contributed by atoms with van der Waals surface area (Å²) in [6.45, 7) is 4.39. The number of hydrogen-bond acceptors (Lipinski definition) is 5. The molecule has 0 amide bonds. The SMILES string of the molecule is COc1ccccc1CN1CCN(C(=N)N)CC1.O=S(=O)(O)O. The molecule has 130 valence electrons. The molecule has 0 atom stereocenters. The fourth-order valence-electron chi connectivity index (χ4n) is 2.22. The molecule has 1 heterocycles. The van der Waals surface area contributed by atoms with Gasteiger partial charge in [-0.25, -0.2) is 0 Å². The van der Waals surface area contributed by atoms with Crippen molar-refractivity contribution >= 4 is 16.4 Å². The minimum Gasteiger partial charge on any atom is -0.496 e. The Hall–Kier alpha value is -1.88. The van der Waals surface area contributed by atoms with Crippen LogP contribution in [0.5, 0.6) is 5.75 Å². The lowest BCUT2D eigenvalue weighted by atomic mass is 10.1. The molecule has 1 aromatic carbocycles. The van der Waals surface area contributed by atoms with Crippen molar-refractivity contribution in [3.05, 3.63) is 29.8 Å². The summed E-state index contributed by atoms with van der Waals surface area (Å²) in [5.74, 6) is 1.11. The number of hydrogen-bond donors (Lipinski definition) is 4. The van der Waals surface area contributed by atoms with Gasteiger partial charge in [-0.05, 0) is 6.07 Å². The number of ether oxygens (including phenoxy) is 1. The molecule has 10 heteroatoms. The minimum atomic E-state index is -4.67. The van der Waals surface area contributed by atoms with Crippen LogP contribution in [-0.4, -0.2) is 66.6 Å². The maximum atomic E-state index is 8.74. The van der Waals surface area contributed by atoms with Gasteiger partial charge in [0.15, 0.2) is 5.96 Å². The van der Waals surface area contributed by atoms with Crippen molar-refractivity contribution < 1.29 is 22.3 Å². The molecule has 0 bridgehead atoms. The van der Waals surface area contributed by atoms with Crippen LogP contribution in [0.25, 0.3) is 0 Å². The smallest absolute Gasteiger partial charge is 0.394 e. The molecule has 1 aliphatic rings. The second-order valence-corrected chi connectivity index (χ2v) is 5.80. The van der Waals surface area contributed by atoms with E-state index in [1.807, 2.05) is 23.1 Å². The van der Waals surface area contributed by atoms with Crippen molar-refractivity contribution in [2.24, 2.45) is 5.73 Å². The van der Waals surface area contributed by atoms with E-state index >= 15 is 0 Å². The lowest BCUT2D eigenvalue weighted by Crippen LogP contribution is -2.50. The second-order valence-electron chi connectivity index (χ2n) is 4.91. The molecule has 1 aromatic rings. The number of benzene rings is 1. The van der Waals surface area contributed by atoms with E-state index in [2.05, 4.69) is 11.0 Å². The summed E-state index contributed by atoms with van der Waals surface area (Å²) < 4.78 is 36.9. The fraction of sp³-hybridized carbons (Fsp3) is 0.462. The average Bonchev–Trinajstić information content (AvgIpc) is 2.46. The molecule has 0 saturated carbocycles. The third-order valence-corrected chi connectivity index (χ3v) is 3.30. The largest absolute Gasteiger partial charge is 0.496 e. The Morgan fingerprint density at radius 1 is 1.26 bits per heavy atom. The summed E-state index contributed by atoms with van der Waals surface area (Å²) >= 11 is 0. The van der Waals surface area contributed by atoms with Gasteiger partial charge in [0.05, 0.1) is 7.11 Å². The molecule has 23 heavy (non-hydrogen) atoms. The van der Waals surface area contributed by atoms with Crippen molar-refractivity contribution in [3.8, 4) is 5.75 Å². The monoisotopic (exact) mass is 346 g/mol. The van der Waals surface area contributed by atoms with Gasteiger partial charge in [0.25, 0.3) is 0 Å². The van der Waals surface area contributed by atoms with Gasteiger partial charge < -0.3 is 15.4 Å². The molecule has 1 fully saturated rings. The zero-order chi connectivity index (χ0) is 17.5. The molecule has 1 saturated heterocycles. The van der Waals surface area contributed by atoms with Crippen molar-refractivity contribution in [2.45, 2.75) is 6.54 Å². The first-order valence-electron chi connectivity index (χ1n) is 6.84. The van der Waals surface area contributed by atoms with Crippen LogP contribution in [0.15, 0.2) is 24.3 Å². The average molecular weight is 346 g/mol. The molecule has 0 aliphatic carbocycles. The zero-order valence-corrected chi connectivity index (χ0v) is 13.7. The van der Waals surface area contributed by atoms with E-state index in [1.165, 1.54) is 5.56 Å². The quantitative estimate of drug-likeness (QED) is 0.342. The van der Waals surface area contributed by atoms with Gasteiger partial charge in [0.2, 0.25) is 0 Å². The summed E-state index contributed by atoms with van der Waals surface area (Å²) in [4.78, 5) is 4.26. The van der Waals surface area contributed by atoms with E-state index in [0.717, 1.165) is 38.5 Å². The molecule has 0 spiro atoms. The first kappa shape index (κ1) is 19.2. The molecular weight excluding hydrogens is 324 g/mol. The Morgan fingerprint density at radius 2 is 1.78 bits per heavy atom. The number of para-hydroxylation sites is 1. The van der Waals surface area contributed by atoms with Crippen LogP contribution in [0.4, 0.5) is 0 Å². The van der Waals surface area contributed by atoms with E-state index in [4.69, 9.17) is 33.4 Å². The third-order valence-electron chi connectivity index (χ3n) is 3.30. The van der Waals surface area contributed by atoms with Gasteiger partial charge in [0, 0.05) is 38.3 Å². The maximum Gasteiger partial charge on any atom is 0.394 e. The molecule has 0 radical (unpaired) electrons. The zero-order valence-electron chi connectivity index (χ0n) is 12.8. The van der Waals surface area contributed by atoms with E-state index in [9.17, 15) is 0 Å². The first-order valence-corrected chi connectivity index (χ1v) is 8.23. The van der Waals surface area contributed by atoms with E-state index in [0.29, 0.717) is 0 Å². The Morgan fingerprint density at radius 3 is 2.26 bits per heavy atom. The highest BCUT2D eigenvalue weighted by Gasteiger charge is 2.18. The number of nitrogens with zero attached hydrogens (tertiary/aromatic N) is 2. The molecular formula is C13H22N4O5S. The van der Waals surface area contributed by atoms with Gasteiger partial charge in [-0.2, -0.15) is 8.42 Å². The molecule has 0 aromatic heterocycles. The van der Waals surface area contributed by atoms with Crippen molar-refractivity contribution in [2.75, 3.05) is 33.3 Å². The van der Waals surface area contributed by atoms with Crippen molar-refractivity contribution in [3.63, 3.8) is 0 Å². The lowest BCUT2D eigenvalue weighted by molar-refractivity contribution is 0.172. The van der Waals surface area contributed by atoms with Gasteiger partial charge in [-0.1, -0.05) is 18.2 Å². The third kappa shape index (κ3) is 7.79. The van der Waals surface area contributed by atoms with Crippen molar-refractivity contribution in [1.29, 1.82) is 5.41 Å². The van der Waals surface area contributed by atoms with Gasteiger partial charge >= 0.3 is 10.4 Å². The topological polar surface area (TPSA) is 140 Å². The Bertz CT molecular complexity index is 607. The summed E-state index contributed by atoms with van der Waals surface area (Å²) in [7, 11) is -2.97. The molecule has 2 rings (SSSR count). The van der Waals surface area contributed by atoms with Crippen LogP contribution in [0.3, 0.4) is 0 Å². The number of nitrogens with two attached hydrogens (primary N) is 1. The standard InChI is InChI=1S/C13H20N4O.H2O4S/c1-18-12-5-3-2-4-11(12)10-16-6-8-17(9-7-16)13(14)15;1-5(2,3)4/h2-5H,6-10H2,1H3,(H3,14,15);(H2,1,2,3,4). The highest BCUT2D eigenvalue weighted by Crippen LogP contribution is 2.19. The van der Waals surface area contributed by atoms with Crippen LogP contribution >= 0.6 is 0 Å². The highest BCUT2D eigenvalue weighted by atomic mass is 32.3. The van der Waals surface area contributed by atoms with Gasteiger partial charge in [-0.15, -0.1) is 0 Å². The van der Waals surface area contributed by atoms with Gasteiger partial charge in [-0.3, -0.25) is 19.4 Å². The maximum absolute atomic E-state index is 8.74. The number of nitrogens with one attached hydrogen (secondary N) is 1. The first-order chi connectivity index (χ1) is 10.7. The number of guanidine groups is 1. The molecule has 0 unspecified atom stereocenters. The number of rotatable bonds is 3. The summed E-state index contributed by atoms with van der Waals surface area (Å²) in [6.07, 6.45) is 0. The summed E-state index contributed by atoms with van der Waals surface area (Å²) in [5.41, 5.74) is 6.69. The Labute approximate surface area is 135 Å². The minimum absolute atomic E-state index is 0.173. The highest BCUT2D eigenvalue weighted by molar-refractivity contribution is 7.79. The fourth-order valence-corrected chi connectivity index (χ4v) is 2.22. The van der Waals surface area contributed by atoms with Crippen LogP contribution in [0, 0.1) is 5.41 Å². The van der Waals surface area contributed by atoms with Crippen LogP contribution in [-0.2, 0) is 16.9 Å². The second kappa shape index (κ2) is 8.67. The summed E-state index contributed by atoms with van der Waals surface area (Å²) in [6, 6.07) is 8.09. The van der Waals surface area contributed by atoms with Crippen LogP contribution in [0.2, 0.25) is 0 Å². The molecule has 5 N–H and O–H groups in total. The van der Waals surface area contributed by atoms with E-state index in [-0.39, 0.29) is 5.96 Å². The predicted octanol–water partition coefficient (Wildman–Crippen LogP) is 0.0535. The normalized spacial score (nSPS) is 15.5. The van der Waals surface area contributed by atoms with Gasteiger partial charge in [0.1, 0.15) is 5.75 Å². The number of methoxy groups -OCH3 is 1. The molecule has 9 nitrogen and oxygen atoms in total. The summed E-state index contributed by atoms with van der Waals surface area (Å²) in [5, 5.41) is 7.40. The molecule has 1 aliphatic heterocycles. The predicted molar refractivity (Wildman–Crippen MR) is 85.9 cm³/mol. The van der Waals surface area contributed by atoms with E-state index in [1.54, 1.807) is 7.11 Å². The van der Waals surface area contributed by atoms with E-state index < -0.39 is 10.4 Å². The Balaban J connectivity index is 0.000000463. The number of piperazine rings is 1. The van der Waals surface area contributed by atoms with Crippen molar-refractivity contribution in [1.82, 2.24) is 9.80 Å². The lowest BCUT2D eigenvalue weighted by Gasteiger charge is -2.35. The van der Waals surface area contributed by atoms with Crippen LogP contribution in [0.1, 0.15) is 5.56 Å². The van der Waals surface area contributed by atoms with Crippen LogP contribution < -0.4 is 10.5 Å².